The average molecular weight is 516 g/mol. The molecule has 166 valence electrons. The largest absolute Gasteiger partial charge is 0.357 e. The van der Waals surface area contributed by atoms with Crippen LogP contribution in [0.3, 0.4) is 0 Å². The highest BCUT2D eigenvalue weighted by Crippen LogP contribution is 2.09. The summed E-state index contributed by atoms with van der Waals surface area (Å²) in [5, 5.41) is 6.88. The molecular formula is C23H42IN5. The lowest BCUT2D eigenvalue weighted by atomic mass is 10.1. The van der Waals surface area contributed by atoms with Gasteiger partial charge in [-0.15, -0.1) is 24.0 Å². The van der Waals surface area contributed by atoms with Gasteiger partial charge in [-0.3, -0.25) is 9.89 Å². The fraction of sp³-hybridized carbons (Fsp3) is 0.696. The van der Waals surface area contributed by atoms with Gasteiger partial charge in [-0.25, -0.2) is 0 Å². The second kappa shape index (κ2) is 15.9. The predicted molar refractivity (Wildman–Crippen MR) is 136 cm³/mol. The molecule has 0 radical (unpaired) electrons. The van der Waals surface area contributed by atoms with Gasteiger partial charge in [-0.05, 0) is 78.2 Å². The zero-order chi connectivity index (χ0) is 20.0. The summed E-state index contributed by atoms with van der Waals surface area (Å²) in [4.78, 5) is 9.75. The minimum Gasteiger partial charge on any atom is -0.357 e. The number of aliphatic imine (C=N–C) groups is 1. The van der Waals surface area contributed by atoms with Crippen LogP contribution < -0.4 is 10.6 Å². The minimum absolute atomic E-state index is 0. The van der Waals surface area contributed by atoms with Crippen molar-refractivity contribution >= 4 is 29.9 Å². The van der Waals surface area contributed by atoms with Crippen LogP contribution in [0, 0.1) is 0 Å². The van der Waals surface area contributed by atoms with Crippen molar-refractivity contribution in [2.45, 2.75) is 58.5 Å². The Morgan fingerprint density at radius 3 is 2.55 bits per heavy atom. The number of likely N-dealkylation sites (tertiary alicyclic amines) is 1. The summed E-state index contributed by atoms with van der Waals surface area (Å²) in [7, 11) is 2.21. The molecule has 0 amide bonds. The third-order valence-electron chi connectivity index (χ3n) is 5.58. The first-order valence-corrected chi connectivity index (χ1v) is 11.2. The maximum atomic E-state index is 4.75. The molecule has 1 saturated heterocycles. The van der Waals surface area contributed by atoms with Crippen molar-refractivity contribution in [3.8, 4) is 0 Å². The molecule has 0 aliphatic carbocycles. The molecule has 29 heavy (non-hydrogen) atoms. The maximum Gasteiger partial charge on any atom is 0.191 e. The van der Waals surface area contributed by atoms with Crippen LogP contribution >= 0.6 is 24.0 Å². The van der Waals surface area contributed by atoms with Crippen molar-refractivity contribution in [3.63, 3.8) is 0 Å². The number of hydrogen-bond donors (Lipinski definition) is 2. The molecule has 0 bridgehead atoms. The van der Waals surface area contributed by atoms with E-state index in [1.165, 1.54) is 50.9 Å². The van der Waals surface area contributed by atoms with Gasteiger partial charge in [0, 0.05) is 32.2 Å². The molecule has 1 fully saturated rings. The Kier molecular flexibility index (Phi) is 14.4. The van der Waals surface area contributed by atoms with Gasteiger partial charge in [0.25, 0.3) is 0 Å². The van der Waals surface area contributed by atoms with Crippen molar-refractivity contribution in [2.75, 3.05) is 46.3 Å². The van der Waals surface area contributed by atoms with Crippen molar-refractivity contribution < 1.29 is 0 Å². The molecule has 0 aromatic heterocycles. The molecule has 1 unspecified atom stereocenters. The van der Waals surface area contributed by atoms with Crippen molar-refractivity contribution in [2.24, 2.45) is 4.99 Å². The highest BCUT2D eigenvalue weighted by Gasteiger charge is 2.11. The van der Waals surface area contributed by atoms with Crippen LogP contribution in [0.2, 0.25) is 0 Å². The molecule has 0 saturated carbocycles. The Labute approximate surface area is 195 Å². The lowest BCUT2D eigenvalue weighted by Gasteiger charge is -2.25. The molecule has 1 aromatic rings. The highest BCUT2D eigenvalue weighted by molar-refractivity contribution is 14.0. The molecular weight excluding hydrogens is 473 g/mol. The number of hydrogen-bond acceptors (Lipinski definition) is 3. The van der Waals surface area contributed by atoms with E-state index in [1.807, 2.05) is 0 Å². The van der Waals surface area contributed by atoms with Crippen LogP contribution in [0.15, 0.2) is 35.3 Å². The van der Waals surface area contributed by atoms with Gasteiger partial charge in [0.15, 0.2) is 5.96 Å². The Balaban J connectivity index is 0.00000420. The molecule has 1 aliphatic heterocycles. The minimum atomic E-state index is 0. The highest BCUT2D eigenvalue weighted by atomic mass is 127. The van der Waals surface area contributed by atoms with E-state index in [4.69, 9.17) is 4.99 Å². The Hall–Kier alpha value is -0.860. The summed E-state index contributed by atoms with van der Waals surface area (Å²) in [6, 6.07) is 11.2. The van der Waals surface area contributed by atoms with Crippen molar-refractivity contribution in [1.29, 1.82) is 0 Å². The molecule has 6 heteroatoms. The first-order chi connectivity index (χ1) is 13.7. The van der Waals surface area contributed by atoms with Crippen LogP contribution in [0.1, 0.15) is 51.5 Å². The van der Waals surface area contributed by atoms with E-state index in [0.717, 1.165) is 38.6 Å². The second-order valence-corrected chi connectivity index (χ2v) is 7.98. The monoisotopic (exact) mass is 515 g/mol. The van der Waals surface area contributed by atoms with Crippen LogP contribution in [0.5, 0.6) is 0 Å². The number of halogens is 1. The summed E-state index contributed by atoms with van der Waals surface area (Å²) >= 11 is 0. The van der Waals surface area contributed by atoms with Gasteiger partial charge < -0.3 is 15.5 Å². The smallest absolute Gasteiger partial charge is 0.191 e. The van der Waals surface area contributed by atoms with Gasteiger partial charge in [-0.1, -0.05) is 30.3 Å². The van der Waals surface area contributed by atoms with Gasteiger partial charge in [0.1, 0.15) is 0 Å². The maximum absolute atomic E-state index is 4.75. The summed E-state index contributed by atoms with van der Waals surface area (Å²) in [5.74, 6) is 0.960. The number of unbranched alkanes of at least 4 members (excludes halogenated alkanes) is 1. The van der Waals surface area contributed by atoms with Crippen LogP contribution in [0.4, 0.5) is 0 Å². The Morgan fingerprint density at radius 2 is 1.86 bits per heavy atom. The molecule has 2 rings (SSSR count). The van der Waals surface area contributed by atoms with E-state index in [1.54, 1.807) is 0 Å². The number of benzene rings is 1. The number of nitrogens with one attached hydrogen (secondary N) is 2. The fourth-order valence-electron chi connectivity index (χ4n) is 3.63. The summed E-state index contributed by atoms with van der Waals surface area (Å²) in [6.07, 6.45) is 6.29. The fourth-order valence-corrected chi connectivity index (χ4v) is 3.63. The van der Waals surface area contributed by atoms with Gasteiger partial charge in [-0.2, -0.15) is 0 Å². The Morgan fingerprint density at radius 1 is 1.14 bits per heavy atom. The van der Waals surface area contributed by atoms with Crippen molar-refractivity contribution in [3.05, 3.63) is 35.9 Å². The first-order valence-electron chi connectivity index (χ1n) is 11.2. The zero-order valence-electron chi connectivity index (χ0n) is 18.7. The SMILES string of the molecule is CCNC(=NCCCCN1CCCC1)NCCC(C)N(C)Cc1ccccc1.I. The lowest BCUT2D eigenvalue weighted by molar-refractivity contribution is 0.238. The van der Waals surface area contributed by atoms with E-state index >= 15 is 0 Å². The topological polar surface area (TPSA) is 42.9 Å². The van der Waals surface area contributed by atoms with E-state index in [0.29, 0.717) is 6.04 Å². The quantitative estimate of drug-likeness (QED) is 0.192. The second-order valence-electron chi connectivity index (χ2n) is 7.98. The normalized spacial score (nSPS) is 15.9. The van der Waals surface area contributed by atoms with Gasteiger partial charge >= 0.3 is 0 Å². The summed E-state index contributed by atoms with van der Waals surface area (Å²) in [5.41, 5.74) is 1.37. The molecule has 2 N–H and O–H groups in total. The predicted octanol–water partition coefficient (Wildman–Crippen LogP) is 3.95. The number of rotatable bonds is 12. The van der Waals surface area contributed by atoms with Crippen molar-refractivity contribution in [1.82, 2.24) is 20.4 Å². The molecule has 1 aromatic carbocycles. The van der Waals surface area contributed by atoms with E-state index in [9.17, 15) is 0 Å². The number of guanidine groups is 1. The van der Waals surface area contributed by atoms with E-state index < -0.39 is 0 Å². The van der Waals surface area contributed by atoms with E-state index in [2.05, 4.69) is 71.7 Å². The molecule has 0 spiro atoms. The molecule has 1 aliphatic rings. The standard InChI is InChI=1S/C23H41N5.HI/c1-4-24-23(25-15-8-9-17-28-18-10-11-19-28)26-16-14-21(2)27(3)20-22-12-6-5-7-13-22;/h5-7,12-13,21H,4,8-11,14-20H2,1-3H3,(H2,24,25,26);1H. The Bertz CT molecular complexity index is 545. The van der Waals surface area contributed by atoms with Crippen LogP contribution in [-0.2, 0) is 6.54 Å². The van der Waals surface area contributed by atoms with Crippen LogP contribution in [-0.4, -0.2) is 68.1 Å². The first kappa shape index (κ1) is 26.2. The lowest BCUT2D eigenvalue weighted by Crippen LogP contribution is -2.40. The number of nitrogens with zero attached hydrogens (tertiary/aromatic N) is 3. The summed E-state index contributed by atoms with van der Waals surface area (Å²) < 4.78 is 0. The summed E-state index contributed by atoms with van der Waals surface area (Å²) in [6.45, 7) is 12.0. The zero-order valence-corrected chi connectivity index (χ0v) is 21.0. The third-order valence-corrected chi connectivity index (χ3v) is 5.58. The molecule has 5 nitrogen and oxygen atoms in total. The van der Waals surface area contributed by atoms with Crippen LogP contribution in [0.25, 0.3) is 0 Å². The average Bonchev–Trinajstić information content (AvgIpc) is 3.22. The molecule has 1 heterocycles. The van der Waals surface area contributed by atoms with E-state index in [-0.39, 0.29) is 24.0 Å². The molecule has 1 atom stereocenters. The van der Waals surface area contributed by atoms with Gasteiger partial charge in [0.2, 0.25) is 0 Å². The van der Waals surface area contributed by atoms with Gasteiger partial charge in [0.05, 0.1) is 0 Å². The third kappa shape index (κ3) is 11.2.